The van der Waals surface area contributed by atoms with Crippen molar-refractivity contribution in [2.45, 2.75) is 23.8 Å². The second-order valence-corrected chi connectivity index (χ2v) is 9.05. The number of aliphatic hydroxyl groups is 2. The van der Waals surface area contributed by atoms with Crippen LogP contribution in [0.5, 0.6) is 5.75 Å². The largest absolute Gasteiger partial charge is 0.491 e. The standard InChI is InChI=1S/C27H22FN5O4S/c1-15-22(32-26(37-15)19-5-3-4-6-21(19)28)14-38-27-20(11-29)23(24(31-2)25(30)33-27)16-7-9-18(10-8-16)36-13-17(35)12-34/h3-10,17,34-35H,12-14H2,1H3,(H2,30,33)/t17-/m1/s1. The highest BCUT2D eigenvalue weighted by Crippen LogP contribution is 2.42. The van der Waals surface area contributed by atoms with E-state index in [1.54, 1.807) is 49.4 Å². The number of aryl methyl sites for hydroxylation is 1. The summed E-state index contributed by atoms with van der Waals surface area (Å²) >= 11 is 1.20. The van der Waals surface area contributed by atoms with Gasteiger partial charge < -0.3 is 25.1 Å². The molecule has 0 saturated heterocycles. The number of nitrogens with zero attached hydrogens (tertiary/aromatic N) is 4. The molecule has 0 fully saturated rings. The predicted molar refractivity (Wildman–Crippen MR) is 140 cm³/mol. The quantitative estimate of drug-likeness (QED) is 0.203. The van der Waals surface area contributed by atoms with Gasteiger partial charge in [-0.2, -0.15) is 5.26 Å². The van der Waals surface area contributed by atoms with E-state index in [1.807, 2.05) is 0 Å². The molecule has 9 nitrogen and oxygen atoms in total. The van der Waals surface area contributed by atoms with Gasteiger partial charge in [-0.3, -0.25) is 0 Å². The molecule has 1 atom stereocenters. The SMILES string of the molecule is [C-]#[N+]c1c(N)nc(SCc2nc(-c3ccccc3F)oc2C)c(C#N)c1-c1ccc(OC[C@H](O)CO)cc1. The molecule has 0 bridgehead atoms. The zero-order valence-corrected chi connectivity index (χ0v) is 21.0. The fourth-order valence-corrected chi connectivity index (χ4v) is 4.58. The van der Waals surface area contributed by atoms with Crippen LogP contribution in [0.2, 0.25) is 0 Å². The Kier molecular flexibility index (Phi) is 8.24. The number of thioether (sulfide) groups is 1. The fraction of sp³-hybridized carbons (Fsp3) is 0.185. The first kappa shape index (κ1) is 26.6. The van der Waals surface area contributed by atoms with E-state index >= 15 is 0 Å². The van der Waals surface area contributed by atoms with Crippen LogP contribution in [0.1, 0.15) is 17.0 Å². The summed E-state index contributed by atoms with van der Waals surface area (Å²) in [5.41, 5.74) is 8.03. The van der Waals surface area contributed by atoms with E-state index in [9.17, 15) is 14.8 Å². The van der Waals surface area contributed by atoms with Crippen molar-refractivity contribution in [2.75, 3.05) is 18.9 Å². The van der Waals surface area contributed by atoms with E-state index in [0.29, 0.717) is 33.4 Å². The van der Waals surface area contributed by atoms with Crippen LogP contribution in [0.15, 0.2) is 58.0 Å². The molecule has 2 heterocycles. The van der Waals surface area contributed by atoms with Crippen LogP contribution in [0.4, 0.5) is 15.9 Å². The monoisotopic (exact) mass is 531 g/mol. The van der Waals surface area contributed by atoms with Crippen LogP contribution in [-0.4, -0.2) is 39.5 Å². The van der Waals surface area contributed by atoms with Crippen LogP contribution >= 0.6 is 11.8 Å². The second kappa shape index (κ2) is 11.8. The summed E-state index contributed by atoms with van der Waals surface area (Å²) in [6, 6.07) is 14.9. The molecule has 0 aliphatic heterocycles. The van der Waals surface area contributed by atoms with Gasteiger partial charge in [-0.05, 0) is 36.8 Å². The van der Waals surface area contributed by atoms with Crippen molar-refractivity contribution in [3.05, 3.63) is 82.8 Å². The Balaban J connectivity index is 1.64. The van der Waals surface area contributed by atoms with Crippen LogP contribution < -0.4 is 10.5 Å². The zero-order valence-electron chi connectivity index (χ0n) is 20.2. The third-order valence-electron chi connectivity index (χ3n) is 5.53. The van der Waals surface area contributed by atoms with Crippen molar-refractivity contribution < 1.29 is 23.8 Å². The average molecular weight is 532 g/mol. The third-order valence-corrected chi connectivity index (χ3v) is 6.51. The molecule has 38 heavy (non-hydrogen) atoms. The Labute approximate surface area is 222 Å². The summed E-state index contributed by atoms with van der Waals surface area (Å²) < 4.78 is 25.3. The van der Waals surface area contributed by atoms with Crippen molar-refractivity contribution in [2.24, 2.45) is 0 Å². The smallest absolute Gasteiger partial charge is 0.236 e. The highest BCUT2D eigenvalue weighted by molar-refractivity contribution is 7.98. The number of pyridine rings is 1. The van der Waals surface area contributed by atoms with Crippen molar-refractivity contribution in [3.63, 3.8) is 0 Å². The predicted octanol–water partition coefficient (Wildman–Crippen LogP) is 4.88. The van der Waals surface area contributed by atoms with Gasteiger partial charge in [-0.15, -0.1) is 0 Å². The molecule has 0 spiro atoms. The third kappa shape index (κ3) is 5.61. The number of ether oxygens (including phenoxy) is 1. The topological polar surface area (TPSA) is 143 Å². The molecule has 0 unspecified atom stereocenters. The lowest BCUT2D eigenvalue weighted by Crippen LogP contribution is -2.21. The van der Waals surface area contributed by atoms with E-state index < -0.39 is 18.5 Å². The molecule has 0 radical (unpaired) electrons. The van der Waals surface area contributed by atoms with Gasteiger partial charge in [0.2, 0.25) is 11.6 Å². The molecule has 192 valence electrons. The Morgan fingerprint density at radius 3 is 2.63 bits per heavy atom. The first-order valence-corrected chi connectivity index (χ1v) is 12.3. The Morgan fingerprint density at radius 1 is 1.24 bits per heavy atom. The van der Waals surface area contributed by atoms with Crippen LogP contribution in [0.3, 0.4) is 0 Å². The number of aromatic nitrogens is 2. The van der Waals surface area contributed by atoms with Gasteiger partial charge in [0.05, 0.1) is 30.0 Å². The maximum Gasteiger partial charge on any atom is 0.236 e. The van der Waals surface area contributed by atoms with E-state index in [2.05, 4.69) is 20.9 Å². The number of benzene rings is 2. The van der Waals surface area contributed by atoms with Crippen molar-refractivity contribution in [3.8, 4) is 34.4 Å². The second-order valence-electron chi connectivity index (χ2n) is 8.09. The molecule has 4 N–H and O–H groups in total. The highest BCUT2D eigenvalue weighted by atomic mass is 32.2. The molecule has 2 aromatic heterocycles. The van der Waals surface area contributed by atoms with Gasteiger partial charge in [0.1, 0.15) is 47.0 Å². The zero-order chi connectivity index (χ0) is 27.2. The number of nitrogen functional groups attached to an aromatic ring is 1. The first-order valence-electron chi connectivity index (χ1n) is 11.3. The Bertz CT molecular complexity index is 1540. The summed E-state index contributed by atoms with van der Waals surface area (Å²) in [6.45, 7) is 8.83. The number of rotatable bonds is 9. The molecular formula is C27H22FN5O4S. The lowest BCUT2D eigenvalue weighted by atomic mass is 10.00. The van der Waals surface area contributed by atoms with E-state index in [4.69, 9.17) is 26.6 Å². The molecule has 0 saturated carbocycles. The maximum absolute atomic E-state index is 14.2. The number of aliphatic hydroxyl groups excluding tert-OH is 2. The first-order chi connectivity index (χ1) is 18.4. The molecule has 4 rings (SSSR count). The van der Waals surface area contributed by atoms with E-state index in [1.165, 1.54) is 17.8 Å². The molecule has 11 heteroatoms. The van der Waals surface area contributed by atoms with Crippen LogP contribution in [-0.2, 0) is 5.75 Å². The van der Waals surface area contributed by atoms with E-state index in [0.717, 1.165) is 0 Å². The molecule has 2 aromatic carbocycles. The lowest BCUT2D eigenvalue weighted by molar-refractivity contribution is 0.0536. The molecule has 0 amide bonds. The average Bonchev–Trinajstić information content (AvgIpc) is 3.30. The normalized spacial score (nSPS) is 11.5. The maximum atomic E-state index is 14.2. The number of nitrogens with two attached hydrogens (primary N) is 1. The minimum atomic E-state index is -1.01. The van der Waals surface area contributed by atoms with Crippen molar-refractivity contribution in [1.82, 2.24) is 9.97 Å². The number of halogens is 1. The highest BCUT2D eigenvalue weighted by Gasteiger charge is 2.22. The van der Waals surface area contributed by atoms with Gasteiger partial charge in [0.25, 0.3) is 0 Å². The van der Waals surface area contributed by atoms with Crippen molar-refractivity contribution >= 4 is 23.3 Å². The minimum absolute atomic E-state index is 0.0215. The summed E-state index contributed by atoms with van der Waals surface area (Å²) in [5, 5.41) is 28.8. The number of anilines is 1. The molecule has 4 aromatic rings. The van der Waals surface area contributed by atoms with Crippen LogP contribution in [0.25, 0.3) is 27.4 Å². The fourth-order valence-electron chi connectivity index (χ4n) is 3.59. The molecular weight excluding hydrogens is 509 g/mol. The summed E-state index contributed by atoms with van der Waals surface area (Å²) in [5.74, 6) is 0.889. The Morgan fingerprint density at radius 2 is 1.97 bits per heavy atom. The summed E-state index contributed by atoms with van der Waals surface area (Å²) in [6.07, 6.45) is -1.01. The summed E-state index contributed by atoms with van der Waals surface area (Å²) in [4.78, 5) is 12.3. The van der Waals surface area contributed by atoms with E-state index in [-0.39, 0.29) is 40.9 Å². The summed E-state index contributed by atoms with van der Waals surface area (Å²) in [7, 11) is 0. The Hall–Kier alpha value is -4.42. The number of oxazole rings is 1. The van der Waals surface area contributed by atoms with Gasteiger partial charge in [0, 0.05) is 11.3 Å². The number of hydrogen-bond acceptors (Lipinski definition) is 9. The number of hydrogen-bond donors (Lipinski definition) is 3. The number of nitriles is 1. The van der Waals surface area contributed by atoms with Crippen LogP contribution in [0, 0.1) is 30.6 Å². The van der Waals surface area contributed by atoms with Gasteiger partial charge in [-0.1, -0.05) is 36.0 Å². The molecule has 0 aliphatic carbocycles. The van der Waals surface area contributed by atoms with Gasteiger partial charge in [-0.25, -0.2) is 19.2 Å². The molecule has 0 aliphatic rings. The minimum Gasteiger partial charge on any atom is -0.491 e. The van der Waals surface area contributed by atoms with Gasteiger partial charge in [0.15, 0.2) is 0 Å². The van der Waals surface area contributed by atoms with Crippen molar-refractivity contribution in [1.29, 1.82) is 5.26 Å². The lowest BCUT2D eigenvalue weighted by Gasteiger charge is -2.14. The van der Waals surface area contributed by atoms with Gasteiger partial charge >= 0.3 is 0 Å².